The number of nitro groups is 2. The molecule has 0 bridgehead atoms. The van der Waals surface area contributed by atoms with Crippen molar-refractivity contribution in [2.75, 3.05) is 62.2 Å². The molecule has 6 aromatic rings. The summed E-state index contributed by atoms with van der Waals surface area (Å²) in [7, 11) is -7.36. The van der Waals surface area contributed by atoms with E-state index in [0.717, 1.165) is 33.2 Å². The van der Waals surface area contributed by atoms with Crippen molar-refractivity contribution in [3.05, 3.63) is 172 Å². The molecule has 2 N–H and O–H groups in total. The van der Waals surface area contributed by atoms with Crippen LogP contribution in [-0.4, -0.2) is 99.5 Å². The van der Waals surface area contributed by atoms with Gasteiger partial charge >= 0.3 is 0 Å². The third kappa shape index (κ3) is 12.2. The minimum atomic E-state index is -3.70. The number of anilines is 2. The van der Waals surface area contributed by atoms with Crippen LogP contribution in [-0.2, 0) is 33.1 Å². The second-order valence-corrected chi connectivity index (χ2v) is 22.7. The number of rotatable bonds is 14. The van der Waals surface area contributed by atoms with Crippen LogP contribution in [0.5, 0.6) is 0 Å². The largest absolute Gasteiger partial charge is 0.369 e. The van der Waals surface area contributed by atoms with Crippen LogP contribution in [0.25, 0.3) is 0 Å². The highest BCUT2D eigenvalue weighted by Crippen LogP contribution is 2.32. The first-order chi connectivity index (χ1) is 32.5. The molecule has 0 atom stereocenters. The van der Waals surface area contributed by atoms with E-state index in [1.807, 2.05) is 9.80 Å². The van der Waals surface area contributed by atoms with Gasteiger partial charge < -0.3 is 20.4 Å². The maximum atomic E-state index is 13.1. The van der Waals surface area contributed by atoms with Gasteiger partial charge in [0.05, 0.1) is 22.9 Å². The zero-order valence-corrected chi connectivity index (χ0v) is 40.6. The van der Waals surface area contributed by atoms with Gasteiger partial charge in [-0.2, -0.15) is 8.61 Å². The summed E-state index contributed by atoms with van der Waals surface area (Å²) in [5.41, 5.74) is 2.26. The maximum Gasteiger partial charge on any atom is 0.292 e. The molecular weight excluding hydrogens is 1000 g/mol. The average molecular weight is 1040 g/mol. The quantitative estimate of drug-likeness (QED) is 0.0799. The van der Waals surface area contributed by atoms with E-state index in [1.54, 1.807) is 97.1 Å². The van der Waals surface area contributed by atoms with Crippen LogP contribution < -0.4 is 20.4 Å². The number of hydrogen-bond acceptors (Lipinski definition) is 14. The lowest BCUT2D eigenvalue weighted by Gasteiger charge is -2.35. The zero-order chi connectivity index (χ0) is 48.6. The maximum absolute atomic E-state index is 13.1. The fourth-order valence-electron chi connectivity index (χ4n) is 7.21. The zero-order valence-electron chi connectivity index (χ0n) is 35.8. The van der Waals surface area contributed by atoms with Crippen molar-refractivity contribution in [1.82, 2.24) is 19.2 Å². The van der Waals surface area contributed by atoms with Gasteiger partial charge in [0.15, 0.2) is 0 Å². The van der Waals surface area contributed by atoms with E-state index in [2.05, 4.69) is 10.6 Å². The van der Waals surface area contributed by atoms with Crippen LogP contribution in [0.3, 0.4) is 0 Å². The van der Waals surface area contributed by atoms with E-state index in [0.29, 0.717) is 71.0 Å². The number of halogens is 2. The molecule has 2 aromatic heterocycles. The highest BCUT2D eigenvalue weighted by atomic mass is 35.5. The van der Waals surface area contributed by atoms with Gasteiger partial charge in [-0.05, 0) is 91.0 Å². The van der Waals surface area contributed by atoms with Crippen LogP contribution in [0.1, 0.15) is 30.5 Å². The first kappa shape index (κ1) is 49.9. The Hall–Kier alpha value is -5.98. The summed E-state index contributed by atoms with van der Waals surface area (Å²) in [6.07, 6.45) is 0. The number of sulfonamides is 2. The molecule has 356 valence electrons. The number of nitrogens with one attached hydrogen (secondary N) is 2. The van der Waals surface area contributed by atoms with E-state index in [-0.39, 0.29) is 57.8 Å². The van der Waals surface area contributed by atoms with Crippen LogP contribution in [0.4, 0.5) is 22.7 Å². The van der Waals surface area contributed by atoms with Gasteiger partial charge in [0.1, 0.15) is 14.1 Å². The van der Waals surface area contributed by atoms with E-state index >= 15 is 0 Å². The Balaban J connectivity index is 0.000000201. The molecule has 2 fully saturated rings. The number of nitrogens with zero attached hydrogens (tertiary/aromatic N) is 6. The number of amides is 2. The van der Waals surface area contributed by atoms with E-state index in [1.165, 1.54) is 32.9 Å². The van der Waals surface area contributed by atoms with Gasteiger partial charge in [-0.25, -0.2) is 16.8 Å². The molecule has 0 unspecified atom stereocenters. The van der Waals surface area contributed by atoms with Gasteiger partial charge in [-0.3, -0.25) is 29.8 Å². The minimum absolute atomic E-state index is 0.00218. The second-order valence-electron chi connectivity index (χ2n) is 15.1. The summed E-state index contributed by atoms with van der Waals surface area (Å²) in [5.74, 6) is -0.544. The predicted octanol–water partition coefficient (Wildman–Crippen LogP) is 7.50. The first-order valence-corrected chi connectivity index (χ1v) is 26.0. The Morgan fingerprint density at radius 1 is 0.544 bits per heavy atom. The molecule has 2 amide bonds. The molecule has 0 radical (unpaired) electrons. The molecule has 2 saturated heterocycles. The Morgan fingerprint density at radius 3 is 1.40 bits per heavy atom. The number of non-ortho nitro benzene ring substituents is 1. The summed E-state index contributed by atoms with van der Waals surface area (Å²) in [5, 5.41) is 28.8. The van der Waals surface area contributed by atoms with Crippen LogP contribution in [0.2, 0.25) is 10.0 Å². The SMILES string of the molecule is O=C(NCc1ccc(S(=O)(=O)N2CCN(c3ccc([N+](=O)[O-])cc3)CC2)s1)c1ccc(Cl)cc1.O=C(NCc1ccc(S(=O)(=O)N2CCN(c3ccccc3[N+](=O)[O-])CC2)s1)c1ccc(Cl)cc1. The van der Waals surface area contributed by atoms with Gasteiger partial charge in [0, 0.05) is 107 Å². The Bertz CT molecular complexity index is 2990. The van der Waals surface area contributed by atoms with Crippen molar-refractivity contribution < 1.29 is 36.3 Å². The summed E-state index contributed by atoms with van der Waals surface area (Å²) in [6.45, 7) is 3.12. The van der Waals surface area contributed by atoms with Crippen molar-refractivity contribution in [2.24, 2.45) is 0 Å². The van der Waals surface area contributed by atoms with Crippen molar-refractivity contribution in [3.8, 4) is 0 Å². The van der Waals surface area contributed by atoms with Crippen molar-refractivity contribution in [3.63, 3.8) is 0 Å². The normalized spacial score (nSPS) is 14.7. The van der Waals surface area contributed by atoms with Gasteiger partial charge in [-0.15, -0.1) is 22.7 Å². The Morgan fingerprint density at radius 2 is 0.971 bits per heavy atom. The molecule has 24 heteroatoms. The molecule has 0 spiro atoms. The van der Waals surface area contributed by atoms with E-state index < -0.39 is 29.9 Å². The Labute approximate surface area is 409 Å². The highest BCUT2D eigenvalue weighted by molar-refractivity contribution is 7.91. The fraction of sp³-hybridized carbons (Fsp3) is 0.227. The Kier molecular flexibility index (Phi) is 16.1. The first-order valence-electron chi connectivity index (χ1n) is 20.7. The standard InChI is InChI=1S/2C22H21ClN4O5S2/c23-17-3-1-16(2-4-17)22(28)24-15-20-9-10-21(33-20)34(31,32)26-13-11-25(12-14-26)18-5-7-19(8-6-18)27(29)30;23-17-7-5-16(6-8-17)22(28)24-15-18-9-10-21(33-18)34(31,32)26-13-11-25(12-14-26)19-3-1-2-4-20(19)27(29)30/h2*1-10H,11-15H2,(H,24,28). The lowest BCUT2D eigenvalue weighted by Crippen LogP contribution is -2.48. The van der Waals surface area contributed by atoms with Crippen LogP contribution in [0, 0.1) is 20.2 Å². The van der Waals surface area contributed by atoms with Gasteiger partial charge in [-0.1, -0.05) is 35.3 Å². The number of benzene rings is 4. The second kappa shape index (κ2) is 22.0. The van der Waals surface area contributed by atoms with Crippen LogP contribution >= 0.6 is 45.9 Å². The van der Waals surface area contributed by atoms with Gasteiger partial charge in [0.25, 0.3) is 43.2 Å². The summed E-state index contributed by atoms with van der Waals surface area (Å²) < 4.78 is 55.7. The summed E-state index contributed by atoms with van der Waals surface area (Å²) in [6, 6.07) is 32.2. The molecule has 8 rings (SSSR count). The van der Waals surface area contributed by atoms with Crippen LogP contribution in [0.15, 0.2) is 130 Å². The number of nitro benzene ring substituents is 2. The number of para-hydroxylation sites is 2. The molecule has 2 aliphatic heterocycles. The fourth-order valence-corrected chi connectivity index (χ4v) is 13.2. The summed E-state index contributed by atoms with van der Waals surface area (Å²) in [4.78, 5) is 51.0. The van der Waals surface area contributed by atoms with E-state index in [9.17, 15) is 46.7 Å². The van der Waals surface area contributed by atoms with E-state index in [4.69, 9.17) is 23.2 Å². The molecule has 4 heterocycles. The highest BCUT2D eigenvalue weighted by Gasteiger charge is 2.32. The molecular formula is C44H42Cl2N8O10S4. The topological polar surface area (TPSA) is 226 Å². The lowest BCUT2D eigenvalue weighted by molar-refractivity contribution is -0.384. The van der Waals surface area contributed by atoms with Crippen molar-refractivity contribution in [2.45, 2.75) is 21.5 Å². The smallest absolute Gasteiger partial charge is 0.292 e. The lowest BCUT2D eigenvalue weighted by atomic mass is 10.2. The number of thiophene rings is 2. The minimum Gasteiger partial charge on any atom is -0.369 e. The summed E-state index contributed by atoms with van der Waals surface area (Å²) >= 11 is 13.9. The van der Waals surface area contributed by atoms with Crippen molar-refractivity contribution >= 4 is 100 Å². The molecule has 18 nitrogen and oxygen atoms in total. The van der Waals surface area contributed by atoms with Gasteiger partial charge in [0.2, 0.25) is 0 Å². The number of carbonyl (C=O) groups excluding carboxylic acids is 2. The monoisotopic (exact) mass is 1040 g/mol. The molecule has 68 heavy (non-hydrogen) atoms. The van der Waals surface area contributed by atoms with Crippen molar-refractivity contribution in [1.29, 1.82) is 0 Å². The number of piperazine rings is 2. The molecule has 0 aliphatic carbocycles. The number of hydrogen-bond donors (Lipinski definition) is 2. The predicted molar refractivity (Wildman–Crippen MR) is 262 cm³/mol. The third-order valence-electron chi connectivity index (χ3n) is 10.8. The third-order valence-corrected chi connectivity index (χ3v) is 18.3. The molecule has 4 aromatic carbocycles. The average Bonchev–Trinajstić information content (AvgIpc) is 4.05. The number of carbonyl (C=O) groups is 2. The molecule has 0 saturated carbocycles. The molecule has 2 aliphatic rings.